The van der Waals surface area contributed by atoms with Gasteiger partial charge in [-0.2, -0.15) is 0 Å². The van der Waals surface area contributed by atoms with E-state index in [1.165, 1.54) is 24.3 Å². The molecule has 10 heteroatoms. The third-order valence-electron chi connectivity index (χ3n) is 7.19. The summed E-state index contributed by atoms with van der Waals surface area (Å²) in [6, 6.07) is 6.79. The Hall–Kier alpha value is -2.40. The highest BCUT2D eigenvalue weighted by Gasteiger charge is 2.46. The van der Waals surface area contributed by atoms with Gasteiger partial charge in [0, 0.05) is 36.8 Å². The summed E-state index contributed by atoms with van der Waals surface area (Å²) in [4.78, 5) is 15.9. The molecule has 2 aromatic rings. The Morgan fingerprint density at radius 3 is 2.35 bits per heavy atom. The zero-order valence-corrected chi connectivity index (χ0v) is 18.6. The van der Waals surface area contributed by atoms with Gasteiger partial charge in [0.15, 0.2) is 11.6 Å². The second kappa shape index (κ2) is 9.00. The normalized spacial score (nSPS) is 20.7. The average Bonchev–Trinajstić information content (AvgIpc) is 3.68. The first-order valence-electron chi connectivity index (χ1n) is 11.5. The van der Waals surface area contributed by atoms with Gasteiger partial charge in [-0.15, -0.1) is 0 Å². The van der Waals surface area contributed by atoms with Crippen molar-refractivity contribution in [3.05, 3.63) is 53.3 Å². The highest BCUT2D eigenvalue weighted by molar-refractivity contribution is 6.58. The van der Waals surface area contributed by atoms with Crippen LogP contribution in [0.25, 0.3) is 11.1 Å². The lowest BCUT2D eigenvalue weighted by atomic mass is 9.80. The molecule has 2 N–H and O–H groups in total. The zero-order valence-electron chi connectivity index (χ0n) is 18.6. The third kappa shape index (κ3) is 4.47. The third-order valence-corrected chi connectivity index (χ3v) is 7.19. The number of likely N-dealkylation sites (tertiary alicyclic amines) is 1. The van der Waals surface area contributed by atoms with Crippen LogP contribution >= 0.6 is 0 Å². The fraction of sp³-hybridized carbons (Fsp3) is 0.458. The number of halogens is 3. The Balaban J connectivity index is 1.28. The van der Waals surface area contributed by atoms with Gasteiger partial charge in [-0.1, -0.05) is 24.3 Å². The van der Waals surface area contributed by atoms with Crippen molar-refractivity contribution in [3.8, 4) is 11.1 Å². The number of piperidine rings is 1. The van der Waals surface area contributed by atoms with Crippen LogP contribution in [0.15, 0.2) is 30.3 Å². The number of carbonyl (C=O) groups is 1. The van der Waals surface area contributed by atoms with E-state index in [0.717, 1.165) is 18.9 Å². The Bertz CT molecular complexity index is 1090. The smallest absolute Gasteiger partial charge is 0.423 e. The molecular formula is C24H26BF3N2O4. The van der Waals surface area contributed by atoms with Gasteiger partial charge in [0.25, 0.3) is 0 Å². The summed E-state index contributed by atoms with van der Waals surface area (Å²) in [7, 11) is -1.69. The summed E-state index contributed by atoms with van der Waals surface area (Å²) in [6.45, 7) is 1.62. The van der Waals surface area contributed by atoms with E-state index < -0.39 is 30.2 Å². The van der Waals surface area contributed by atoms with Crippen LogP contribution in [-0.2, 0) is 16.1 Å². The molecule has 2 heterocycles. The number of nitrogens with zero attached hydrogens (tertiary/aromatic N) is 2. The highest BCUT2D eigenvalue weighted by atomic mass is 19.2. The van der Waals surface area contributed by atoms with Crippen LogP contribution in [0.3, 0.4) is 0 Å². The summed E-state index contributed by atoms with van der Waals surface area (Å²) in [5, 5.41) is 18.4. The molecule has 1 saturated carbocycles. The van der Waals surface area contributed by atoms with Crippen molar-refractivity contribution in [2.75, 3.05) is 26.2 Å². The molecule has 1 amide bonds. The average molecular weight is 474 g/mol. The van der Waals surface area contributed by atoms with Crippen LogP contribution in [0.1, 0.15) is 31.2 Å². The second-order valence-corrected chi connectivity index (χ2v) is 9.51. The number of amides is 1. The van der Waals surface area contributed by atoms with Gasteiger partial charge >= 0.3 is 7.12 Å². The lowest BCUT2D eigenvalue weighted by Crippen LogP contribution is -2.59. The molecule has 0 aromatic heterocycles. The minimum absolute atomic E-state index is 0.0254. The summed E-state index contributed by atoms with van der Waals surface area (Å²) >= 11 is 0. The topological polar surface area (TPSA) is 73.2 Å². The molecule has 0 unspecified atom stereocenters. The van der Waals surface area contributed by atoms with Gasteiger partial charge in [0.05, 0.1) is 12.1 Å². The highest BCUT2D eigenvalue weighted by Crippen LogP contribution is 2.37. The van der Waals surface area contributed by atoms with Gasteiger partial charge in [0.2, 0.25) is 5.91 Å². The van der Waals surface area contributed by atoms with Crippen molar-refractivity contribution in [2.24, 2.45) is 0 Å². The number of hydrogen-bond acceptors (Lipinski definition) is 5. The Labute approximate surface area is 196 Å². The van der Waals surface area contributed by atoms with Crippen molar-refractivity contribution in [1.29, 1.82) is 0 Å². The maximum atomic E-state index is 14.9. The first-order chi connectivity index (χ1) is 16.3. The molecule has 0 radical (unpaired) electrons. The fourth-order valence-electron chi connectivity index (χ4n) is 4.93. The van der Waals surface area contributed by atoms with Crippen molar-refractivity contribution >= 4 is 18.5 Å². The van der Waals surface area contributed by atoms with Gasteiger partial charge in [-0.3, -0.25) is 9.69 Å². The number of rotatable bonds is 5. The van der Waals surface area contributed by atoms with Crippen LogP contribution in [0.2, 0.25) is 0 Å². The molecular weight excluding hydrogens is 448 g/mol. The van der Waals surface area contributed by atoms with Crippen molar-refractivity contribution in [3.63, 3.8) is 0 Å². The molecule has 1 spiro atoms. The van der Waals surface area contributed by atoms with E-state index in [2.05, 4.69) is 0 Å². The molecule has 0 atom stereocenters. The Kier molecular flexibility index (Phi) is 6.18. The molecule has 3 aliphatic rings. The molecule has 2 saturated heterocycles. The van der Waals surface area contributed by atoms with Crippen molar-refractivity contribution in [1.82, 2.24) is 9.80 Å². The molecule has 1 aliphatic carbocycles. The number of ether oxygens (including phenoxy) is 1. The molecule has 2 aromatic carbocycles. The summed E-state index contributed by atoms with van der Waals surface area (Å²) in [5.74, 6) is -3.17. The molecule has 3 fully saturated rings. The SMILES string of the molecule is O=C1COC2(CCN(Cc3c(F)cc(-c4ccc(B(O)O)cc4)c(F)c3F)CC2)CN1C1CC1. The maximum absolute atomic E-state index is 14.9. The zero-order chi connectivity index (χ0) is 24.0. The Morgan fingerprint density at radius 2 is 1.74 bits per heavy atom. The fourth-order valence-corrected chi connectivity index (χ4v) is 4.93. The molecule has 34 heavy (non-hydrogen) atoms. The van der Waals surface area contributed by atoms with E-state index in [0.29, 0.717) is 38.5 Å². The Morgan fingerprint density at radius 1 is 1.06 bits per heavy atom. The lowest BCUT2D eigenvalue weighted by molar-refractivity contribution is -0.172. The van der Waals surface area contributed by atoms with E-state index in [1.54, 1.807) is 0 Å². The van der Waals surface area contributed by atoms with Crippen LogP contribution < -0.4 is 5.46 Å². The predicted molar refractivity (Wildman–Crippen MR) is 120 cm³/mol. The molecule has 180 valence electrons. The van der Waals surface area contributed by atoms with E-state index in [9.17, 15) is 28.0 Å². The standard InChI is InChI=1S/C24H26BF3N2O4/c26-20-11-18(15-1-3-16(4-2-15)25(32)33)22(27)23(28)19(20)12-29-9-7-24(8-10-29)14-30(17-5-6-17)21(31)13-34-24/h1-4,11,17,32-33H,5-10,12-14H2. The van der Waals surface area contributed by atoms with E-state index in [1.807, 2.05) is 9.80 Å². The first-order valence-corrected chi connectivity index (χ1v) is 11.5. The van der Waals surface area contributed by atoms with Crippen molar-refractivity contribution in [2.45, 2.75) is 43.9 Å². The number of hydrogen-bond donors (Lipinski definition) is 2. The lowest BCUT2D eigenvalue weighted by Gasteiger charge is -2.47. The van der Waals surface area contributed by atoms with Crippen LogP contribution in [-0.4, -0.2) is 70.8 Å². The van der Waals surface area contributed by atoms with Gasteiger partial charge in [-0.25, -0.2) is 13.2 Å². The number of carbonyl (C=O) groups excluding carboxylic acids is 1. The molecule has 0 bridgehead atoms. The second-order valence-electron chi connectivity index (χ2n) is 9.51. The summed E-state index contributed by atoms with van der Waals surface area (Å²) < 4.78 is 50.6. The quantitative estimate of drug-likeness (QED) is 0.511. The largest absolute Gasteiger partial charge is 0.488 e. The molecule has 6 nitrogen and oxygen atoms in total. The molecule has 5 rings (SSSR count). The van der Waals surface area contributed by atoms with Crippen molar-refractivity contribution < 1.29 is 32.8 Å². The summed E-state index contributed by atoms with van der Waals surface area (Å²) in [5.41, 5.74) is -0.547. The number of morpholine rings is 1. The summed E-state index contributed by atoms with van der Waals surface area (Å²) in [6.07, 6.45) is 3.33. The van der Waals surface area contributed by atoms with Gasteiger partial charge in [0.1, 0.15) is 12.4 Å². The van der Waals surface area contributed by atoms with Gasteiger partial charge in [-0.05, 0) is 42.8 Å². The van der Waals surface area contributed by atoms with Crippen LogP contribution in [0.5, 0.6) is 0 Å². The van der Waals surface area contributed by atoms with E-state index in [-0.39, 0.29) is 41.2 Å². The van der Waals surface area contributed by atoms with E-state index in [4.69, 9.17) is 4.74 Å². The minimum Gasteiger partial charge on any atom is -0.423 e. The minimum atomic E-state index is -1.69. The first kappa shape index (κ1) is 23.4. The van der Waals surface area contributed by atoms with E-state index >= 15 is 0 Å². The number of benzene rings is 2. The maximum Gasteiger partial charge on any atom is 0.488 e. The monoisotopic (exact) mass is 474 g/mol. The van der Waals surface area contributed by atoms with Crippen LogP contribution in [0.4, 0.5) is 13.2 Å². The van der Waals surface area contributed by atoms with Gasteiger partial charge < -0.3 is 19.7 Å². The predicted octanol–water partition coefficient (Wildman–Crippen LogP) is 1.81. The molecule has 2 aliphatic heterocycles. The van der Waals surface area contributed by atoms with Crippen LogP contribution in [0, 0.1) is 17.5 Å².